The molecule has 2 N–H and O–H groups in total. The molecule has 0 aliphatic carbocycles. The van der Waals surface area contributed by atoms with Crippen molar-refractivity contribution < 1.29 is 4.74 Å². The highest BCUT2D eigenvalue weighted by molar-refractivity contribution is 9.10. The van der Waals surface area contributed by atoms with E-state index in [9.17, 15) is 0 Å². The largest absolute Gasteiger partial charge is 0.495 e. The molecule has 0 aliphatic rings. The van der Waals surface area contributed by atoms with Gasteiger partial charge >= 0.3 is 0 Å². The Kier molecular flexibility index (Phi) is 3.85. The van der Waals surface area contributed by atoms with E-state index in [1.165, 1.54) is 0 Å². The third kappa shape index (κ3) is 2.61. The van der Waals surface area contributed by atoms with Crippen LogP contribution in [0.2, 0.25) is 0 Å². The van der Waals surface area contributed by atoms with E-state index in [-0.39, 0.29) is 0 Å². The lowest BCUT2D eigenvalue weighted by Crippen LogP contribution is -1.98. The first-order valence-corrected chi connectivity index (χ1v) is 6.90. The first-order chi connectivity index (χ1) is 8.93. The van der Waals surface area contributed by atoms with Gasteiger partial charge in [-0.25, -0.2) is 0 Å². The lowest BCUT2D eigenvalue weighted by molar-refractivity contribution is 0.405. The number of nitrogens with zero attached hydrogens (tertiary/aromatic N) is 2. The van der Waals surface area contributed by atoms with Crippen LogP contribution in [0, 0.1) is 0 Å². The van der Waals surface area contributed by atoms with Crippen LogP contribution in [0.4, 0.5) is 5.82 Å². The van der Waals surface area contributed by atoms with E-state index in [1.807, 2.05) is 19.2 Å². The number of halogens is 1. The Bertz CT molecular complexity index is 585. The molecule has 0 amide bonds. The van der Waals surface area contributed by atoms with Gasteiger partial charge in [0.2, 0.25) is 0 Å². The molecule has 0 atom stereocenters. The molecule has 0 fully saturated rings. The molecule has 0 spiro atoms. The number of hydrogen-bond donors (Lipinski definition) is 1. The molecule has 102 valence electrons. The number of methoxy groups -OCH3 is 1. The van der Waals surface area contributed by atoms with Gasteiger partial charge in [0.05, 0.1) is 17.3 Å². The normalized spacial score (nSPS) is 11.1. The maximum Gasteiger partial charge on any atom is 0.136 e. The van der Waals surface area contributed by atoms with Crippen LogP contribution < -0.4 is 10.5 Å². The van der Waals surface area contributed by atoms with E-state index >= 15 is 0 Å². The van der Waals surface area contributed by atoms with Gasteiger partial charge in [0.15, 0.2) is 0 Å². The molecule has 0 aliphatic heterocycles. The minimum Gasteiger partial charge on any atom is -0.495 e. The van der Waals surface area contributed by atoms with Crippen molar-refractivity contribution in [1.82, 2.24) is 9.78 Å². The van der Waals surface area contributed by atoms with Crippen LogP contribution in [0.1, 0.15) is 25.3 Å². The molecule has 0 saturated carbocycles. The average Bonchev–Trinajstić information content (AvgIpc) is 2.68. The summed E-state index contributed by atoms with van der Waals surface area (Å²) in [6.45, 7) is 4.28. The first-order valence-electron chi connectivity index (χ1n) is 6.11. The Hall–Kier alpha value is -1.49. The summed E-state index contributed by atoms with van der Waals surface area (Å²) >= 11 is 3.56. The molecular formula is C14H18BrN3O. The van der Waals surface area contributed by atoms with Crippen molar-refractivity contribution in [2.45, 2.75) is 19.8 Å². The van der Waals surface area contributed by atoms with E-state index < -0.39 is 0 Å². The molecule has 0 saturated heterocycles. The Morgan fingerprint density at radius 3 is 2.47 bits per heavy atom. The second kappa shape index (κ2) is 5.25. The Labute approximate surface area is 121 Å². The fourth-order valence-corrected chi connectivity index (χ4v) is 2.67. The second-order valence-electron chi connectivity index (χ2n) is 4.81. The molecule has 2 rings (SSSR count). The Morgan fingerprint density at radius 1 is 1.32 bits per heavy atom. The van der Waals surface area contributed by atoms with Gasteiger partial charge in [-0.3, -0.25) is 4.68 Å². The van der Waals surface area contributed by atoms with Crippen molar-refractivity contribution in [2.24, 2.45) is 7.05 Å². The van der Waals surface area contributed by atoms with Crippen LogP contribution in [-0.2, 0) is 7.05 Å². The number of hydrogen-bond acceptors (Lipinski definition) is 3. The first kappa shape index (κ1) is 13.9. The highest BCUT2D eigenvalue weighted by Crippen LogP contribution is 2.37. The summed E-state index contributed by atoms with van der Waals surface area (Å²) in [6, 6.07) is 5.99. The van der Waals surface area contributed by atoms with Crippen molar-refractivity contribution in [3.8, 4) is 17.0 Å². The predicted octanol–water partition coefficient (Wildman–Crippen LogP) is 3.56. The van der Waals surface area contributed by atoms with Gasteiger partial charge < -0.3 is 10.5 Å². The maximum atomic E-state index is 5.83. The van der Waals surface area contributed by atoms with E-state index in [1.54, 1.807) is 11.8 Å². The minimum atomic E-state index is 0.368. The molecule has 2 aromatic rings. The van der Waals surface area contributed by atoms with Gasteiger partial charge in [0.25, 0.3) is 0 Å². The number of ether oxygens (including phenoxy) is 1. The van der Waals surface area contributed by atoms with Gasteiger partial charge in [-0.15, -0.1) is 0 Å². The van der Waals surface area contributed by atoms with E-state index in [0.717, 1.165) is 27.0 Å². The third-order valence-electron chi connectivity index (χ3n) is 3.11. The summed E-state index contributed by atoms with van der Waals surface area (Å²) < 4.78 is 8.06. The van der Waals surface area contributed by atoms with Crippen molar-refractivity contribution >= 4 is 21.7 Å². The molecule has 0 bridgehead atoms. The monoisotopic (exact) mass is 323 g/mol. The Balaban J connectivity index is 2.59. The number of nitrogens with two attached hydrogens (primary N) is 1. The van der Waals surface area contributed by atoms with Crippen molar-refractivity contribution in [3.63, 3.8) is 0 Å². The van der Waals surface area contributed by atoms with Crippen LogP contribution in [0.25, 0.3) is 11.3 Å². The van der Waals surface area contributed by atoms with Crippen molar-refractivity contribution in [1.29, 1.82) is 0 Å². The van der Waals surface area contributed by atoms with E-state index in [2.05, 4.69) is 40.9 Å². The fourth-order valence-electron chi connectivity index (χ4n) is 2.03. The molecule has 0 unspecified atom stereocenters. The quantitative estimate of drug-likeness (QED) is 0.939. The lowest BCUT2D eigenvalue weighted by Gasteiger charge is -2.15. The summed E-state index contributed by atoms with van der Waals surface area (Å²) in [6.07, 6.45) is 0. The summed E-state index contributed by atoms with van der Waals surface area (Å²) in [5.74, 6) is 1.89. The average molecular weight is 324 g/mol. The summed E-state index contributed by atoms with van der Waals surface area (Å²) in [4.78, 5) is 0. The fraction of sp³-hybridized carbons (Fsp3) is 0.357. The molecule has 0 radical (unpaired) electrons. The molecule has 19 heavy (non-hydrogen) atoms. The summed E-state index contributed by atoms with van der Waals surface area (Å²) in [5, 5.41) is 4.41. The number of benzene rings is 1. The number of aryl methyl sites for hydroxylation is 1. The van der Waals surface area contributed by atoms with Gasteiger partial charge in [-0.2, -0.15) is 5.10 Å². The van der Waals surface area contributed by atoms with Gasteiger partial charge in [0, 0.05) is 18.7 Å². The van der Waals surface area contributed by atoms with Crippen LogP contribution in [-0.4, -0.2) is 16.9 Å². The number of nitrogen functional groups attached to an aromatic ring is 1. The Morgan fingerprint density at radius 2 is 2.00 bits per heavy atom. The van der Waals surface area contributed by atoms with Crippen LogP contribution >= 0.6 is 15.9 Å². The zero-order valence-electron chi connectivity index (χ0n) is 11.6. The highest BCUT2D eigenvalue weighted by atomic mass is 79.9. The maximum absolute atomic E-state index is 5.83. The van der Waals surface area contributed by atoms with Gasteiger partial charge in [-0.1, -0.05) is 13.8 Å². The van der Waals surface area contributed by atoms with E-state index in [4.69, 9.17) is 10.5 Å². The summed E-state index contributed by atoms with van der Waals surface area (Å²) in [7, 11) is 3.52. The second-order valence-corrected chi connectivity index (χ2v) is 5.67. The van der Waals surface area contributed by atoms with Gasteiger partial charge in [-0.05, 0) is 39.5 Å². The summed E-state index contributed by atoms with van der Waals surface area (Å²) in [5.41, 5.74) is 8.88. The number of rotatable bonds is 3. The topological polar surface area (TPSA) is 53.1 Å². The number of anilines is 1. The zero-order valence-corrected chi connectivity index (χ0v) is 13.2. The minimum absolute atomic E-state index is 0.368. The molecule has 1 heterocycles. The van der Waals surface area contributed by atoms with Crippen LogP contribution in [0.15, 0.2) is 22.7 Å². The number of aromatic nitrogens is 2. The highest BCUT2D eigenvalue weighted by Gasteiger charge is 2.15. The molecule has 5 heteroatoms. The standard InChI is InChI=1S/C14H18BrN3O/c1-8(2)10-5-9(6-11(15)14(10)19-4)12-7-13(16)18(3)17-12/h5-8H,16H2,1-4H3. The van der Waals surface area contributed by atoms with E-state index in [0.29, 0.717) is 11.7 Å². The third-order valence-corrected chi connectivity index (χ3v) is 3.70. The van der Waals surface area contributed by atoms with Crippen molar-refractivity contribution in [2.75, 3.05) is 12.8 Å². The van der Waals surface area contributed by atoms with Crippen LogP contribution in [0.3, 0.4) is 0 Å². The van der Waals surface area contributed by atoms with Gasteiger partial charge in [0.1, 0.15) is 11.6 Å². The SMILES string of the molecule is COc1c(Br)cc(-c2cc(N)n(C)n2)cc1C(C)C. The molecular weight excluding hydrogens is 306 g/mol. The zero-order chi connectivity index (χ0) is 14.2. The molecule has 4 nitrogen and oxygen atoms in total. The van der Waals surface area contributed by atoms with Crippen LogP contribution in [0.5, 0.6) is 5.75 Å². The van der Waals surface area contributed by atoms with Crippen molar-refractivity contribution in [3.05, 3.63) is 28.2 Å². The molecule has 1 aromatic heterocycles. The smallest absolute Gasteiger partial charge is 0.136 e. The predicted molar refractivity (Wildman–Crippen MR) is 81.4 cm³/mol. The molecule has 1 aromatic carbocycles. The lowest BCUT2D eigenvalue weighted by atomic mass is 9.98.